The summed E-state index contributed by atoms with van der Waals surface area (Å²) in [6.45, 7) is 1.79. The van der Waals surface area contributed by atoms with Crippen molar-refractivity contribution in [2.75, 3.05) is 32.7 Å². The number of amides is 1. The van der Waals surface area contributed by atoms with Gasteiger partial charge in [0.05, 0.1) is 6.54 Å². The molecular formula is C15H19F3N4O3S. The topological polar surface area (TPSA) is 82.6 Å². The number of piperidine rings is 1. The molecule has 2 saturated heterocycles. The lowest BCUT2D eigenvalue weighted by molar-refractivity contribution is -0.141. The van der Waals surface area contributed by atoms with Crippen molar-refractivity contribution < 1.29 is 26.4 Å². The maximum absolute atomic E-state index is 12.7. The molecule has 144 valence electrons. The maximum atomic E-state index is 12.7. The van der Waals surface area contributed by atoms with Crippen LogP contribution in [0.2, 0.25) is 0 Å². The van der Waals surface area contributed by atoms with Crippen LogP contribution in [0.4, 0.5) is 13.2 Å². The Morgan fingerprint density at radius 3 is 2.62 bits per heavy atom. The SMILES string of the molecule is O=C1CNCCN1C1CCCN(S(=O)(=O)c2ccc(C(F)(F)F)nc2)C1. The second-order valence-corrected chi connectivity index (χ2v) is 8.24. The van der Waals surface area contributed by atoms with E-state index in [9.17, 15) is 26.4 Å². The third-order valence-electron chi connectivity index (χ3n) is 4.59. The number of carbonyl (C=O) groups is 1. The van der Waals surface area contributed by atoms with Gasteiger partial charge in [-0.2, -0.15) is 17.5 Å². The molecule has 1 atom stereocenters. The molecule has 1 N–H and O–H groups in total. The van der Waals surface area contributed by atoms with E-state index in [4.69, 9.17) is 0 Å². The van der Waals surface area contributed by atoms with Crippen molar-refractivity contribution in [2.45, 2.75) is 30.0 Å². The zero-order chi connectivity index (χ0) is 18.9. The minimum Gasteiger partial charge on any atom is -0.336 e. The highest BCUT2D eigenvalue weighted by Crippen LogP contribution is 2.29. The van der Waals surface area contributed by atoms with Crippen LogP contribution in [0.1, 0.15) is 18.5 Å². The first-order valence-corrected chi connectivity index (χ1v) is 9.67. The molecule has 1 unspecified atom stereocenters. The van der Waals surface area contributed by atoms with Crippen LogP contribution >= 0.6 is 0 Å². The fourth-order valence-corrected chi connectivity index (χ4v) is 4.71. The molecule has 26 heavy (non-hydrogen) atoms. The quantitative estimate of drug-likeness (QED) is 0.818. The summed E-state index contributed by atoms with van der Waals surface area (Å²) in [5, 5.41) is 2.97. The summed E-state index contributed by atoms with van der Waals surface area (Å²) in [6, 6.07) is 1.36. The second kappa shape index (κ2) is 7.12. The Morgan fingerprint density at radius 2 is 2.00 bits per heavy atom. The maximum Gasteiger partial charge on any atom is 0.433 e. The van der Waals surface area contributed by atoms with E-state index in [0.29, 0.717) is 32.0 Å². The van der Waals surface area contributed by atoms with Crippen LogP contribution in [0.5, 0.6) is 0 Å². The summed E-state index contributed by atoms with van der Waals surface area (Å²) in [6.07, 6.45) is -2.61. The molecule has 0 aromatic carbocycles. The largest absolute Gasteiger partial charge is 0.433 e. The predicted octanol–water partition coefficient (Wildman–Crippen LogP) is 0.685. The molecule has 7 nitrogen and oxygen atoms in total. The van der Waals surface area contributed by atoms with Gasteiger partial charge in [0.25, 0.3) is 0 Å². The summed E-state index contributed by atoms with van der Waals surface area (Å²) >= 11 is 0. The van der Waals surface area contributed by atoms with Gasteiger partial charge in [-0.15, -0.1) is 0 Å². The first kappa shape index (κ1) is 19.1. The number of hydrogen-bond acceptors (Lipinski definition) is 5. The van der Waals surface area contributed by atoms with Gasteiger partial charge in [-0.1, -0.05) is 0 Å². The Morgan fingerprint density at radius 1 is 1.23 bits per heavy atom. The van der Waals surface area contributed by atoms with E-state index in [-0.39, 0.29) is 36.5 Å². The summed E-state index contributed by atoms with van der Waals surface area (Å²) in [4.78, 5) is 16.7. The smallest absolute Gasteiger partial charge is 0.336 e. The minimum absolute atomic E-state index is 0.0725. The van der Waals surface area contributed by atoms with Crippen molar-refractivity contribution in [2.24, 2.45) is 0 Å². The highest BCUT2D eigenvalue weighted by Gasteiger charge is 2.36. The Hall–Kier alpha value is -1.72. The summed E-state index contributed by atoms with van der Waals surface area (Å²) in [5.41, 5.74) is -1.14. The van der Waals surface area contributed by atoms with E-state index in [0.717, 1.165) is 12.3 Å². The van der Waals surface area contributed by atoms with Gasteiger partial charge in [-0.05, 0) is 25.0 Å². The minimum atomic E-state index is -4.62. The van der Waals surface area contributed by atoms with Gasteiger partial charge >= 0.3 is 6.18 Å². The molecule has 11 heteroatoms. The Labute approximate surface area is 149 Å². The van der Waals surface area contributed by atoms with Gasteiger partial charge in [0, 0.05) is 38.4 Å². The van der Waals surface area contributed by atoms with Crippen LogP contribution in [0.25, 0.3) is 0 Å². The molecule has 3 rings (SSSR count). The number of nitrogens with one attached hydrogen (secondary N) is 1. The van der Waals surface area contributed by atoms with Gasteiger partial charge < -0.3 is 10.2 Å². The molecule has 1 aromatic rings. The number of sulfonamides is 1. The third-order valence-corrected chi connectivity index (χ3v) is 6.44. The van der Waals surface area contributed by atoms with E-state index in [1.165, 1.54) is 4.31 Å². The number of carbonyl (C=O) groups excluding carboxylic acids is 1. The monoisotopic (exact) mass is 392 g/mol. The number of pyridine rings is 1. The fraction of sp³-hybridized carbons (Fsp3) is 0.600. The lowest BCUT2D eigenvalue weighted by Gasteiger charge is -2.40. The van der Waals surface area contributed by atoms with E-state index >= 15 is 0 Å². The number of rotatable bonds is 3. The lowest BCUT2D eigenvalue weighted by Crippen LogP contribution is -2.57. The molecule has 2 fully saturated rings. The van der Waals surface area contributed by atoms with Gasteiger partial charge in [0.2, 0.25) is 15.9 Å². The molecule has 0 bridgehead atoms. The van der Waals surface area contributed by atoms with Gasteiger partial charge in [0.15, 0.2) is 0 Å². The molecule has 2 aliphatic heterocycles. The molecule has 0 saturated carbocycles. The van der Waals surface area contributed by atoms with E-state index < -0.39 is 21.9 Å². The van der Waals surface area contributed by atoms with E-state index in [2.05, 4.69) is 10.3 Å². The highest BCUT2D eigenvalue weighted by atomic mass is 32.2. The molecule has 1 amide bonds. The van der Waals surface area contributed by atoms with Crippen LogP contribution in [0.15, 0.2) is 23.2 Å². The second-order valence-electron chi connectivity index (χ2n) is 6.30. The standard InChI is InChI=1S/C15H19F3N4O3S/c16-15(17,18)13-4-3-12(8-20-13)26(24,25)21-6-1-2-11(10-21)22-7-5-19-9-14(22)23/h3-4,8,11,19H,1-2,5-7,9-10H2. The molecule has 1 aromatic heterocycles. The predicted molar refractivity (Wildman–Crippen MR) is 85.6 cm³/mol. The van der Waals surface area contributed by atoms with Crippen LogP contribution in [0.3, 0.4) is 0 Å². The number of hydrogen-bond donors (Lipinski definition) is 1. The van der Waals surface area contributed by atoms with E-state index in [1.54, 1.807) is 4.90 Å². The Kier molecular flexibility index (Phi) is 5.22. The number of piperazine rings is 1. The number of aromatic nitrogens is 1. The first-order chi connectivity index (χ1) is 12.2. The lowest BCUT2D eigenvalue weighted by atomic mass is 10.1. The van der Waals surface area contributed by atoms with Crippen LogP contribution < -0.4 is 5.32 Å². The van der Waals surface area contributed by atoms with Gasteiger partial charge in [-0.3, -0.25) is 9.78 Å². The first-order valence-electron chi connectivity index (χ1n) is 8.23. The van der Waals surface area contributed by atoms with Crippen molar-refractivity contribution in [3.8, 4) is 0 Å². The normalized spacial score (nSPS) is 23.3. The number of halogens is 3. The molecule has 0 radical (unpaired) electrons. The fourth-order valence-electron chi connectivity index (χ4n) is 3.25. The average Bonchev–Trinajstić information content (AvgIpc) is 2.61. The number of alkyl halides is 3. The average molecular weight is 392 g/mol. The van der Waals surface area contributed by atoms with Crippen LogP contribution in [-0.2, 0) is 21.0 Å². The van der Waals surface area contributed by atoms with E-state index in [1.807, 2.05) is 0 Å². The third kappa shape index (κ3) is 3.84. The van der Waals surface area contributed by atoms with Gasteiger partial charge in [0.1, 0.15) is 10.6 Å². The summed E-state index contributed by atoms with van der Waals surface area (Å²) < 4.78 is 64.5. The summed E-state index contributed by atoms with van der Waals surface area (Å²) in [7, 11) is -3.96. The number of nitrogens with zero attached hydrogens (tertiary/aromatic N) is 3. The zero-order valence-corrected chi connectivity index (χ0v) is 14.7. The van der Waals surface area contributed by atoms with Crippen molar-refractivity contribution in [3.63, 3.8) is 0 Å². The van der Waals surface area contributed by atoms with Crippen LogP contribution in [-0.4, -0.2) is 67.3 Å². The molecule has 2 aliphatic rings. The zero-order valence-electron chi connectivity index (χ0n) is 13.9. The summed E-state index contributed by atoms with van der Waals surface area (Å²) in [5.74, 6) is -0.0725. The molecular weight excluding hydrogens is 373 g/mol. The van der Waals surface area contributed by atoms with Crippen molar-refractivity contribution >= 4 is 15.9 Å². The highest BCUT2D eigenvalue weighted by molar-refractivity contribution is 7.89. The molecule has 0 aliphatic carbocycles. The van der Waals surface area contributed by atoms with Crippen molar-refractivity contribution in [1.29, 1.82) is 0 Å². The van der Waals surface area contributed by atoms with Crippen LogP contribution in [0, 0.1) is 0 Å². The van der Waals surface area contributed by atoms with Gasteiger partial charge in [-0.25, -0.2) is 8.42 Å². The molecule has 0 spiro atoms. The van der Waals surface area contributed by atoms with Crippen molar-refractivity contribution in [1.82, 2.24) is 19.5 Å². The Bertz CT molecular complexity index is 767. The van der Waals surface area contributed by atoms with Crippen molar-refractivity contribution in [3.05, 3.63) is 24.0 Å². The Balaban J connectivity index is 1.77. The molecule has 3 heterocycles.